The number of hydrogen-bond donors (Lipinski definition) is 1. The zero-order valence-electron chi connectivity index (χ0n) is 9.92. The highest BCUT2D eigenvalue weighted by atomic mass is 79.9. The fourth-order valence-electron chi connectivity index (χ4n) is 2.21. The number of rotatable bonds is 5. The van der Waals surface area contributed by atoms with E-state index in [0.29, 0.717) is 0 Å². The Balaban J connectivity index is 1.78. The summed E-state index contributed by atoms with van der Waals surface area (Å²) in [6.45, 7) is 1.61. The van der Waals surface area contributed by atoms with Gasteiger partial charge in [0.1, 0.15) is 5.75 Å². The van der Waals surface area contributed by atoms with Gasteiger partial charge in [-0.2, -0.15) is 0 Å². The van der Waals surface area contributed by atoms with E-state index in [-0.39, 0.29) is 5.41 Å². The van der Waals surface area contributed by atoms with Gasteiger partial charge in [0.2, 0.25) is 0 Å². The van der Waals surface area contributed by atoms with Crippen molar-refractivity contribution >= 4 is 15.9 Å². The minimum absolute atomic E-state index is 0.238. The van der Waals surface area contributed by atoms with Gasteiger partial charge >= 0.3 is 0 Å². The number of halogens is 1. The first-order valence-corrected chi connectivity index (χ1v) is 7.15. The highest BCUT2D eigenvalue weighted by Gasteiger charge is 2.43. The molecule has 0 unspecified atom stereocenters. The van der Waals surface area contributed by atoms with Gasteiger partial charge in [0.15, 0.2) is 0 Å². The number of ether oxygens (including phenoxy) is 1. The standard InChI is InChI=1S/C14H18BrNO/c15-12-5-11(14(9-16)3-4-14)6-13(7-12)17-8-10-1-2-10/h5-7,10H,1-4,8-9,16H2. The van der Waals surface area contributed by atoms with Crippen molar-refractivity contribution in [3.8, 4) is 5.75 Å². The average molecular weight is 296 g/mol. The lowest BCUT2D eigenvalue weighted by Crippen LogP contribution is -2.19. The largest absolute Gasteiger partial charge is 0.493 e. The molecule has 3 rings (SSSR count). The Kier molecular flexibility index (Phi) is 2.91. The maximum absolute atomic E-state index is 5.88. The van der Waals surface area contributed by atoms with Gasteiger partial charge in [0, 0.05) is 16.4 Å². The number of nitrogens with two attached hydrogens (primary N) is 1. The molecular weight excluding hydrogens is 278 g/mol. The second kappa shape index (κ2) is 4.29. The van der Waals surface area contributed by atoms with Crippen molar-refractivity contribution in [1.82, 2.24) is 0 Å². The molecule has 2 fully saturated rings. The van der Waals surface area contributed by atoms with Crippen LogP contribution in [0.1, 0.15) is 31.2 Å². The lowest BCUT2D eigenvalue weighted by molar-refractivity contribution is 0.299. The second-order valence-corrected chi connectivity index (χ2v) is 6.33. The maximum atomic E-state index is 5.88. The third-order valence-corrected chi connectivity index (χ3v) is 4.37. The quantitative estimate of drug-likeness (QED) is 0.905. The smallest absolute Gasteiger partial charge is 0.120 e. The average Bonchev–Trinajstić information content (AvgIpc) is 3.19. The third kappa shape index (κ3) is 2.50. The molecule has 0 spiro atoms. The van der Waals surface area contributed by atoms with Crippen molar-refractivity contribution in [1.29, 1.82) is 0 Å². The van der Waals surface area contributed by atoms with Gasteiger partial charge < -0.3 is 10.5 Å². The Morgan fingerprint density at radius 1 is 1.29 bits per heavy atom. The summed E-state index contributed by atoms with van der Waals surface area (Å²) in [6.07, 6.45) is 5.07. The fourth-order valence-corrected chi connectivity index (χ4v) is 2.68. The van der Waals surface area contributed by atoms with Crippen LogP contribution < -0.4 is 10.5 Å². The van der Waals surface area contributed by atoms with E-state index < -0.39 is 0 Å². The van der Waals surface area contributed by atoms with Gasteiger partial charge in [0.05, 0.1) is 6.61 Å². The first-order valence-electron chi connectivity index (χ1n) is 6.36. The molecule has 92 valence electrons. The van der Waals surface area contributed by atoms with E-state index in [0.717, 1.165) is 29.3 Å². The Morgan fingerprint density at radius 3 is 2.65 bits per heavy atom. The topological polar surface area (TPSA) is 35.2 Å². The maximum Gasteiger partial charge on any atom is 0.120 e. The molecule has 0 aliphatic heterocycles. The molecule has 2 aliphatic carbocycles. The van der Waals surface area contributed by atoms with Gasteiger partial charge in [-0.1, -0.05) is 15.9 Å². The molecule has 1 aromatic carbocycles. The molecule has 17 heavy (non-hydrogen) atoms. The molecule has 0 saturated heterocycles. The zero-order chi connectivity index (χ0) is 11.9. The van der Waals surface area contributed by atoms with Crippen molar-refractivity contribution in [2.24, 2.45) is 11.7 Å². The molecule has 3 heteroatoms. The van der Waals surface area contributed by atoms with Crippen LogP contribution in [0.3, 0.4) is 0 Å². The highest BCUT2D eigenvalue weighted by Crippen LogP contribution is 2.48. The van der Waals surface area contributed by atoms with Crippen LogP contribution in [0.2, 0.25) is 0 Å². The summed E-state index contributed by atoms with van der Waals surface area (Å²) in [5.74, 6) is 1.78. The Labute approximate surface area is 111 Å². The van der Waals surface area contributed by atoms with Crippen LogP contribution >= 0.6 is 15.9 Å². The SMILES string of the molecule is NCC1(c2cc(Br)cc(OCC3CC3)c2)CC1. The molecule has 0 bridgehead atoms. The van der Waals surface area contributed by atoms with Crippen molar-refractivity contribution in [2.45, 2.75) is 31.1 Å². The van der Waals surface area contributed by atoms with Crippen LogP contribution in [-0.2, 0) is 5.41 Å². The molecule has 0 amide bonds. The van der Waals surface area contributed by atoms with Crippen molar-refractivity contribution < 1.29 is 4.74 Å². The normalized spacial score (nSPS) is 21.3. The summed E-state index contributed by atoms with van der Waals surface area (Å²) in [7, 11) is 0. The summed E-state index contributed by atoms with van der Waals surface area (Å²) in [6, 6.07) is 6.41. The monoisotopic (exact) mass is 295 g/mol. The van der Waals surface area contributed by atoms with Gasteiger partial charge in [0.25, 0.3) is 0 Å². The van der Waals surface area contributed by atoms with Crippen LogP contribution in [0.25, 0.3) is 0 Å². The minimum Gasteiger partial charge on any atom is -0.493 e. The molecule has 1 aromatic rings. The summed E-state index contributed by atoms with van der Waals surface area (Å²) < 4.78 is 6.95. The molecule has 0 aromatic heterocycles. The molecule has 0 heterocycles. The van der Waals surface area contributed by atoms with Crippen molar-refractivity contribution in [3.63, 3.8) is 0 Å². The van der Waals surface area contributed by atoms with Crippen molar-refractivity contribution in [3.05, 3.63) is 28.2 Å². The van der Waals surface area contributed by atoms with Crippen LogP contribution in [-0.4, -0.2) is 13.2 Å². The second-order valence-electron chi connectivity index (χ2n) is 5.41. The molecule has 0 radical (unpaired) electrons. The predicted octanol–water partition coefficient (Wildman–Crippen LogP) is 3.23. The van der Waals surface area contributed by atoms with Crippen LogP contribution in [0.15, 0.2) is 22.7 Å². The molecule has 2 saturated carbocycles. The van der Waals surface area contributed by atoms with Crippen LogP contribution in [0.5, 0.6) is 5.75 Å². The summed E-state index contributed by atoms with van der Waals surface area (Å²) in [5.41, 5.74) is 7.45. The van der Waals surface area contributed by atoms with Gasteiger partial charge in [-0.05, 0) is 55.4 Å². The van der Waals surface area contributed by atoms with E-state index in [4.69, 9.17) is 10.5 Å². The summed E-state index contributed by atoms with van der Waals surface area (Å²) in [5, 5.41) is 0. The zero-order valence-corrected chi connectivity index (χ0v) is 11.5. The first-order chi connectivity index (χ1) is 8.22. The Hall–Kier alpha value is -0.540. The number of hydrogen-bond acceptors (Lipinski definition) is 2. The fraction of sp³-hybridized carbons (Fsp3) is 0.571. The minimum atomic E-state index is 0.238. The van der Waals surface area contributed by atoms with E-state index >= 15 is 0 Å². The molecular formula is C14H18BrNO. The van der Waals surface area contributed by atoms with E-state index in [1.165, 1.54) is 31.2 Å². The molecule has 2 N–H and O–H groups in total. The Bertz CT molecular complexity index is 424. The van der Waals surface area contributed by atoms with E-state index in [1.807, 2.05) is 0 Å². The van der Waals surface area contributed by atoms with Crippen molar-refractivity contribution in [2.75, 3.05) is 13.2 Å². The highest BCUT2D eigenvalue weighted by molar-refractivity contribution is 9.10. The third-order valence-electron chi connectivity index (χ3n) is 3.91. The lowest BCUT2D eigenvalue weighted by Gasteiger charge is -2.15. The first kappa shape index (κ1) is 11.5. The van der Waals surface area contributed by atoms with Crippen LogP contribution in [0.4, 0.5) is 0 Å². The number of benzene rings is 1. The summed E-state index contributed by atoms with van der Waals surface area (Å²) in [4.78, 5) is 0. The molecule has 2 nitrogen and oxygen atoms in total. The summed E-state index contributed by atoms with van der Waals surface area (Å²) >= 11 is 3.56. The lowest BCUT2D eigenvalue weighted by atomic mass is 9.96. The molecule has 0 atom stereocenters. The van der Waals surface area contributed by atoms with E-state index in [2.05, 4.69) is 34.1 Å². The van der Waals surface area contributed by atoms with E-state index in [1.54, 1.807) is 0 Å². The van der Waals surface area contributed by atoms with E-state index in [9.17, 15) is 0 Å². The van der Waals surface area contributed by atoms with Crippen LogP contribution in [0, 0.1) is 5.92 Å². The van der Waals surface area contributed by atoms with Gasteiger partial charge in [-0.3, -0.25) is 0 Å². The predicted molar refractivity (Wildman–Crippen MR) is 72.3 cm³/mol. The van der Waals surface area contributed by atoms with Gasteiger partial charge in [-0.25, -0.2) is 0 Å². The molecule has 2 aliphatic rings. The van der Waals surface area contributed by atoms with Gasteiger partial charge in [-0.15, -0.1) is 0 Å². The Morgan fingerprint density at radius 2 is 2.06 bits per heavy atom.